The normalized spacial score (nSPS) is 36.1. The van der Waals surface area contributed by atoms with Gasteiger partial charge in [0.1, 0.15) is 0 Å². The largest absolute Gasteiger partial charge is 0.361 e. The van der Waals surface area contributed by atoms with Crippen LogP contribution >= 0.6 is 0 Å². The molecule has 16 heavy (non-hydrogen) atoms. The first-order valence-corrected chi connectivity index (χ1v) is 5.76. The summed E-state index contributed by atoms with van der Waals surface area (Å²) in [6.45, 7) is 0. The number of nitriles is 1. The summed E-state index contributed by atoms with van der Waals surface area (Å²) in [7, 11) is 5.44. The summed E-state index contributed by atoms with van der Waals surface area (Å²) in [5, 5.41) is 11.4. The predicted molar refractivity (Wildman–Crippen MR) is 56.9 cm³/mol. The highest BCUT2D eigenvalue weighted by Gasteiger charge is 2.58. The van der Waals surface area contributed by atoms with Crippen LogP contribution in [-0.4, -0.2) is 19.4 Å². The van der Waals surface area contributed by atoms with Gasteiger partial charge in [-0.1, -0.05) is 0 Å². The molecule has 0 saturated heterocycles. The summed E-state index contributed by atoms with van der Waals surface area (Å²) in [5.41, 5.74) is -0.579. The number of halogens is 2. The van der Waals surface area contributed by atoms with Gasteiger partial charge in [0.15, 0.2) is 7.98 Å². The third-order valence-corrected chi connectivity index (χ3v) is 4.13. The van der Waals surface area contributed by atoms with E-state index in [1.165, 1.54) is 0 Å². The summed E-state index contributed by atoms with van der Waals surface area (Å²) < 4.78 is 25.9. The molecule has 0 bridgehead atoms. The van der Waals surface area contributed by atoms with Gasteiger partial charge in [0.2, 0.25) is 0 Å². The molecule has 2 aliphatic carbocycles. The fraction of sp³-hybridized carbons (Fsp3) is 0.909. The quantitative estimate of drug-likeness (QED) is 0.729. The number of nitrogens with zero attached hydrogens (tertiary/aromatic N) is 1. The zero-order valence-corrected chi connectivity index (χ0v) is 9.18. The Morgan fingerprint density at radius 3 is 2.12 bits per heavy atom. The van der Waals surface area contributed by atoms with Gasteiger partial charge in [-0.05, 0) is 31.6 Å². The lowest BCUT2D eigenvalue weighted by Gasteiger charge is -2.53. The lowest BCUT2D eigenvalue weighted by atomic mass is 9.60. The van der Waals surface area contributed by atoms with E-state index in [1.54, 1.807) is 0 Å². The molecule has 2 fully saturated rings. The van der Waals surface area contributed by atoms with Crippen LogP contribution in [0.15, 0.2) is 0 Å². The van der Waals surface area contributed by atoms with E-state index in [0.717, 1.165) is 25.7 Å². The maximum atomic E-state index is 13.0. The summed E-state index contributed by atoms with van der Waals surface area (Å²) in [6, 6.07) is 2.25. The molecule has 0 atom stereocenters. The standard InChI is InChI=1S/C11H15BF2N2/c12-16-10(6-11(13,14)7-10)9-3-1-8(5-15)2-4-9/h8-9,16H,1-4,6-7H2. The molecule has 0 aromatic rings. The maximum absolute atomic E-state index is 13.0. The number of alkyl halides is 2. The molecule has 2 saturated carbocycles. The van der Waals surface area contributed by atoms with Gasteiger partial charge in [0.05, 0.1) is 6.07 Å². The Morgan fingerprint density at radius 1 is 1.19 bits per heavy atom. The van der Waals surface area contributed by atoms with Crippen molar-refractivity contribution in [3.63, 3.8) is 0 Å². The van der Waals surface area contributed by atoms with Crippen molar-refractivity contribution in [2.24, 2.45) is 11.8 Å². The molecule has 1 N–H and O–H groups in total. The monoisotopic (exact) mass is 224 g/mol. The van der Waals surface area contributed by atoms with Crippen molar-refractivity contribution in [1.82, 2.24) is 5.23 Å². The van der Waals surface area contributed by atoms with E-state index < -0.39 is 11.5 Å². The second-order valence-electron chi connectivity index (χ2n) is 5.19. The Bertz CT molecular complexity index is 298. The van der Waals surface area contributed by atoms with E-state index in [2.05, 4.69) is 11.3 Å². The average Bonchev–Trinajstić information content (AvgIpc) is 2.25. The molecular weight excluding hydrogens is 209 g/mol. The third-order valence-electron chi connectivity index (χ3n) is 4.13. The van der Waals surface area contributed by atoms with Gasteiger partial charge in [-0.3, -0.25) is 0 Å². The molecule has 2 rings (SSSR count). The fourth-order valence-corrected chi connectivity index (χ4v) is 3.15. The van der Waals surface area contributed by atoms with Gasteiger partial charge >= 0.3 is 0 Å². The van der Waals surface area contributed by atoms with Gasteiger partial charge in [0.25, 0.3) is 5.92 Å². The molecular formula is C11H15BF2N2. The zero-order valence-electron chi connectivity index (χ0n) is 9.18. The highest BCUT2D eigenvalue weighted by Crippen LogP contribution is 2.52. The third kappa shape index (κ3) is 1.95. The van der Waals surface area contributed by atoms with Gasteiger partial charge in [-0.2, -0.15) is 5.26 Å². The molecule has 0 spiro atoms. The first-order chi connectivity index (χ1) is 7.51. The van der Waals surface area contributed by atoms with Gasteiger partial charge in [0, 0.05) is 24.3 Å². The first kappa shape index (κ1) is 11.8. The Morgan fingerprint density at radius 2 is 1.75 bits per heavy atom. The van der Waals surface area contributed by atoms with Crippen LogP contribution in [0.5, 0.6) is 0 Å². The zero-order chi connectivity index (χ0) is 11.8. The van der Waals surface area contributed by atoms with E-state index in [4.69, 9.17) is 13.2 Å². The van der Waals surface area contributed by atoms with Crippen molar-refractivity contribution in [3.05, 3.63) is 0 Å². The van der Waals surface area contributed by atoms with E-state index in [-0.39, 0.29) is 24.7 Å². The van der Waals surface area contributed by atoms with E-state index in [9.17, 15) is 8.78 Å². The Hall–Kier alpha value is -0.625. The van der Waals surface area contributed by atoms with Crippen molar-refractivity contribution < 1.29 is 8.78 Å². The first-order valence-electron chi connectivity index (χ1n) is 5.76. The van der Waals surface area contributed by atoms with Crippen molar-refractivity contribution in [2.45, 2.75) is 50.0 Å². The molecule has 86 valence electrons. The van der Waals surface area contributed by atoms with Crippen LogP contribution in [-0.2, 0) is 0 Å². The summed E-state index contributed by atoms with van der Waals surface area (Å²) in [4.78, 5) is 0. The second-order valence-corrected chi connectivity index (χ2v) is 5.19. The van der Waals surface area contributed by atoms with Crippen molar-refractivity contribution in [3.8, 4) is 6.07 Å². The van der Waals surface area contributed by atoms with Crippen LogP contribution in [0.3, 0.4) is 0 Å². The molecule has 0 heterocycles. The minimum Gasteiger partial charge on any atom is -0.361 e. The second kappa shape index (κ2) is 3.99. The Kier molecular flexibility index (Phi) is 2.96. The van der Waals surface area contributed by atoms with Crippen LogP contribution in [0.1, 0.15) is 38.5 Å². The van der Waals surface area contributed by atoms with Crippen molar-refractivity contribution in [2.75, 3.05) is 0 Å². The molecule has 0 amide bonds. The minimum atomic E-state index is -2.56. The summed E-state index contributed by atoms with van der Waals surface area (Å²) in [6.07, 6.45) is 2.99. The highest BCUT2D eigenvalue weighted by atomic mass is 19.3. The number of rotatable bonds is 2. The lowest BCUT2D eigenvalue weighted by molar-refractivity contribution is -0.149. The number of hydrogen-bond donors (Lipinski definition) is 1. The Labute approximate surface area is 95.8 Å². The van der Waals surface area contributed by atoms with E-state index in [1.807, 2.05) is 0 Å². The highest BCUT2D eigenvalue weighted by molar-refractivity contribution is 6.05. The predicted octanol–water partition coefficient (Wildman–Crippen LogP) is 2.16. The average molecular weight is 224 g/mol. The lowest BCUT2D eigenvalue weighted by Crippen LogP contribution is -2.64. The molecule has 0 aliphatic heterocycles. The smallest absolute Gasteiger partial charge is 0.251 e. The SMILES string of the molecule is [B]NC1(C2CCC(C#N)CC2)CC(F)(F)C1. The van der Waals surface area contributed by atoms with Gasteiger partial charge < -0.3 is 5.23 Å². The molecule has 0 aromatic carbocycles. The molecule has 2 radical (unpaired) electrons. The maximum Gasteiger partial charge on any atom is 0.251 e. The summed E-state index contributed by atoms with van der Waals surface area (Å²) >= 11 is 0. The number of hydrogen-bond acceptors (Lipinski definition) is 2. The van der Waals surface area contributed by atoms with Crippen LogP contribution in [0, 0.1) is 23.2 Å². The van der Waals surface area contributed by atoms with E-state index in [0.29, 0.717) is 0 Å². The molecule has 5 heteroatoms. The summed E-state index contributed by atoms with van der Waals surface area (Å²) in [5.74, 6) is -2.26. The minimum absolute atomic E-state index is 0.103. The van der Waals surface area contributed by atoms with Crippen molar-refractivity contribution >= 4 is 7.98 Å². The number of nitrogens with one attached hydrogen (secondary N) is 1. The fourth-order valence-electron chi connectivity index (χ4n) is 3.15. The van der Waals surface area contributed by atoms with Crippen molar-refractivity contribution in [1.29, 1.82) is 5.26 Å². The molecule has 2 aliphatic rings. The van der Waals surface area contributed by atoms with Crippen LogP contribution in [0.2, 0.25) is 0 Å². The molecule has 0 aromatic heterocycles. The van der Waals surface area contributed by atoms with E-state index >= 15 is 0 Å². The Balaban J connectivity index is 1.96. The van der Waals surface area contributed by atoms with Gasteiger partial charge in [-0.25, -0.2) is 8.78 Å². The molecule has 0 unspecified atom stereocenters. The van der Waals surface area contributed by atoms with Gasteiger partial charge in [-0.15, -0.1) is 0 Å². The van der Waals surface area contributed by atoms with Crippen LogP contribution in [0.25, 0.3) is 0 Å². The topological polar surface area (TPSA) is 35.8 Å². The van der Waals surface area contributed by atoms with Crippen LogP contribution < -0.4 is 5.23 Å². The van der Waals surface area contributed by atoms with Crippen LogP contribution in [0.4, 0.5) is 8.78 Å². The molecule has 2 nitrogen and oxygen atoms in total.